The van der Waals surface area contributed by atoms with Gasteiger partial charge in [0.25, 0.3) is 0 Å². The number of fused-ring (bicyclic) bond motifs is 1. The van der Waals surface area contributed by atoms with Gasteiger partial charge < -0.3 is 14.8 Å². The van der Waals surface area contributed by atoms with Crippen LogP contribution >= 0.6 is 11.6 Å². The van der Waals surface area contributed by atoms with Crippen LogP contribution in [-0.2, 0) is 20.8 Å². The minimum atomic E-state index is -0.480. The fourth-order valence-electron chi connectivity index (χ4n) is 2.73. The number of carbonyl (C=O) groups excluding carboxylic acids is 1. The molecule has 3 aromatic rings. The highest BCUT2D eigenvalue weighted by Crippen LogP contribution is 2.30. The van der Waals surface area contributed by atoms with Crippen molar-refractivity contribution in [1.29, 1.82) is 0 Å². The molecule has 0 saturated heterocycles. The average Bonchev–Trinajstić information content (AvgIpc) is 3.00. The third-order valence-electron chi connectivity index (χ3n) is 4.04. The molecule has 0 radical (unpaired) electrons. The van der Waals surface area contributed by atoms with E-state index in [0.717, 1.165) is 22.2 Å². The number of methoxy groups -OCH3 is 2. The van der Waals surface area contributed by atoms with Crippen LogP contribution in [0.3, 0.4) is 0 Å². The minimum Gasteiger partial charge on any atom is -0.354 e. The van der Waals surface area contributed by atoms with Crippen molar-refractivity contribution in [3.8, 4) is 11.3 Å². The van der Waals surface area contributed by atoms with Crippen LogP contribution in [0.15, 0.2) is 48.5 Å². The molecule has 0 aliphatic heterocycles. The monoisotopic (exact) mass is 373 g/mol. The van der Waals surface area contributed by atoms with E-state index in [1.54, 1.807) is 10.7 Å². The van der Waals surface area contributed by atoms with E-state index in [1.807, 2.05) is 42.5 Å². The number of hydrogen-bond donors (Lipinski definition) is 1. The molecule has 0 saturated carbocycles. The van der Waals surface area contributed by atoms with Crippen molar-refractivity contribution in [2.45, 2.75) is 12.8 Å². The summed E-state index contributed by atoms with van der Waals surface area (Å²) in [6.45, 7) is 0.355. The summed E-state index contributed by atoms with van der Waals surface area (Å²) in [4.78, 5) is 12.3. The van der Waals surface area contributed by atoms with Crippen LogP contribution in [0.1, 0.15) is 0 Å². The Bertz CT molecular complexity index is 892. The van der Waals surface area contributed by atoms with E-state index in [4.69, 9.17) is 21.1 Å². The lowest BCUT2D eigenvalue weighted by Gasteiger charge is -2.14. The van der Waals surface area contributed by atoms with Crippen LogP contribution in [0.25, 0.3) is 22.2 Å². The van der Waals surface area contributed by atoms with E-state index in [-0.39, 0.29) is 19.0 Å². The molecule has 7 heteroatoms. The lowest BCUT2D eigenvalue weighted by molar-refractivity contribution is -0.128. The van der Waals surface area contributed by atoms with Crippen LogP contribution < -0.4 is 5.32 Å². The Labute approximate surface area is 156 Å². The van der Waals surface area contributed by atoms with Crippen LogP contribution in [0.5, 0.6) is 0 Å². The highest BCUT2D eigenvalue weighted by Gasteiger charge is 2.15. The Morgan fingerprint density at radius 1 is 1.19 bits per heavy atom. The molecule has 0 aliphatic carbocycles. The number of carbonyl (C=O) groups is 1. The number of nitrogens with one attached hydrogen (secondary N) is 1. The molecule has 1 N–H and O–H groups in total. The predicted molar refractivity (Wildman–Crippen MR) is 101 cm³/mol. The number of aromatic nitrogens is 2. The van der Waals surface area contributed by atoms with Crippen molar-refractivity contribution in [2.24, 2.45) is 0 Å². The second-order valence-electron chi connectivity index (χ2n) is 5.74. The quantitative estimate of drug-likeness (QED) is 0.646. The summed E-state index contributed by atoms with van der Waals surface area (Å²) in [5.41, 5.74) is 2.61. The largest absolute Gasteiger partial charge is 0.354 e. The second-order valence-corrected chi connectivity index (χ2v) is 6.18. The van der Waals surface area contributed by atoms with Crippen molar-refractivity contribution < 1.29 is 14.3 Å². The standard InChI is InChI=1S/C19H20ClN3O3/c1-25-18(26-2)11-21-17(24)12-23-16-9-8-14(20)10-15(16)19(22-23)13-6-4-3-5-7-13/h3-10,18H,11-12H2,1-2H3,(H,21,24). The maximum Gasteiger partial charge on any atom is 0.241 e. The Morgan fingerprint density at radius 3 is 2.62 bits per heavy atom. The van der Waals surface area contributed by atoms with Crippen molar-refractivity contribution in [2.75, 3.05) is 20.8 Å². The van der Waals surface area contributed by atoms with E-state index in [9.17, 15) is 4.79 Å². The van der Waals surface area contributed by atoms with Crippen molar-refractivity contribution in [3.63, 3.8) is 0 Å². The van der Waals surface area contributed by atoms with Crippen LogP contribution in [0.2, 0.25) is 5.02 Å². The highest BCUT2D eigenvalue weighted by molar-refractivity contribution is 6.31. The third kappa shape index (κ3) is 4.04. The molecule has 26 heavy (non-hydrogen) atoms. The zero-order chi connectivity index (χ0) is 18.5. The normalized spacial score (nSPS) is 11.2. The van der Waals surface area contributed by atoms with E-state index in [0.29, 0.717) is 5.02 Å². The first-order chi connectivity index (χ1) is 12.6. The molecule has 1 heterocycles. The molecular weight excluding hydrogens is 354 g/mol. The van der Waals surface area contributed by atoms with Gasteiger partial charge in [-0.3, -0.25) is 9.48 Å². The van der Waals surface area contributed by atoms with Gasteiger partial charge in [0.1, 0.15) is 12.2 Å². The van der Waals surface area contributed by atoms with E-state index >= 15 is 0 Å². The van der Waals surface area contributed by atoms with Gasteiger partial charge in [0.15, 0.2) is 6.29 Å². The lowest BCUT2D eigenvalue weighted by Crippen LogP contribution is -2.36. The molecule has 136 valence electrons. The average molecular weight is 374 g/mol. The summed E-state index contributed by atoms with van der Waals surface area (Å²) in [6.07, 6.45) is -0.480. The van der Waals surface area contributed by atoms with Gasteiger partial charge in [-0.1, -0.05) is 41.9 Å². The maximum absolute atomic E-state index is 12.3. The molecule has 0 spiro atoms. The van der Waals surface area contributed by atoms with E-state index in [1.165, 1.54) is 14.2 Å². The highest BCUT2D eigenvalue weighted by atomic mass is 35.5. The van der Waals surface area contributed by atoms with Gasteiger partial charge in [0.05, 0.1) is 12.1 Å². The summed E-state index contributed by atoms with van der Waals surface area (Å²) < 4.78 is 11.8. The fraction of sp³-hybridized carbons (Fsp3) is 0.263. The Balaban J connectivity index is 1.88. The molecule has 1 amide bonds. The topological polar surface area (TPSA) is 65.4 Å². The minimum absolute atomic E-state index is 0.0884. The molecule has 0 fully saturated rings. The van der Waals surface area contributed by atoms with Crippen molar-refractivity contribution >= 4 is 28.4 Å². The fourth-order valence-corrected chi connectivity index (χ4v) is 2.91. The summed E-state index contributed by atoms with van der Waals surface area (Å²) in [5.74, 6) is -0.178. The Hall–Kier alpha value is -2.41. The smallest absolute Gasteiger partial charge is 0.241 e. The molecule has 6 nitrogen and oxygen atoms in total. The molecule has 0 aliphatic rings. The SMILES string of the molecule is COC(CNC(=O)Cn1nc(-c2ccccc2)c2cc(Cl)ccc21)OC. The zero-order valence-electron chi connectivity index (χ0n) is 14.6. The van der Waals surface area contributed by atoms with Crippen LogP contribution in [0, 0.1) is 0 Å². The molecule has 3 rings (SSSR count). The van der Waals surface area contributed by atoms with Gasteiger partial charge in [-0.25, -0.2) is 0 Å². The molecule has 2 aromatic carbocycles. The molecule has 0 atom stereocenters. The number of rotatable bonds is 7. The van der Waals surface area contributed by atoms with Crippen molar-refractivity contribution in [1.82, 2.24) is 15.1 Å². The first-order valence-corrected chi connectivity index (χ1v) is 8.54. The van der Waals surface area contributed by atoms with Crippen LogP contribution in [0.4, 0.5) is 0 Å². The number of ether oxygens (including phenoxy) is 2. The number of amides is 1. The molecule has 1 aromatic heterocycles. The second kappa shape index (κ2) is 8.31. The van der Waals surface area contributed by atoms with Gasteiger partial charge in [-0.15, -0.1) is 0 Å². The molecule has 0 bridgehead atoms. The van der Waals surface area contributed by atoms with Gasteiger partial charge in [0, 0.05) is 30.2 Å². The van der Waals surface area contributed by atoms with Gasteiger partial charge >= 0.3 is 0 Å². The summed E-state index contributed by atoms with van der Waals surface area (Å²) >= 11 is 6.17. The zero-order valence-corrected chi connectivity index (χ0v) is 15.4. The van der Waals surface area contributed by atoms with Crippen LogP contribution in [-0.4, -0.2) is 42.7 Å². The van der Waals surface area contributed by atoms with E-state index < -0.39 is 6.29 Å². The number of hydrogen-bond acceptors (Lipinski definition) is 4. The third-order valence-corrected chi connectivity index (χ3v) is 4.28. The summed E-state index contributed by atoms with van der Waals surface area (Å²) in [6, 6.07) is 15.3. The summed E-state index contributed by atoms with van der Waals surface area (Å²) in [5, 5.41) is 8.96. The Morgan fingerprint density at radius 2 is 1.92 bits per heavy atom. The first kappa shape index (κ1) is 18.4. The molecule has 0 unspecified atom stereocenters. The number of benzene rings is 2. The van der Waals surface area contributed by atoms with Gasteiger partial charge in [-0.05, 0) is 18.2 Å². The maximum atomic E-state index is 12.3. The number of nitrogens with zero attached hydrogens (tertiary/aromatic N) is 2. The number of halogens is 1. The Kier molecular flexibility index (Phi) is 5.88. The summed E-state index contributed by atoms with van der Waals surface area (Å²) in [7, 11) is 3.05. The van der Waals surface area contributed by atoms with E-state index in [2.05, 4.69) is 10.4 Å². The lowest BCUT2D eigenvalue weighted by atomic mass is 10.1. The van der Waals surface area contributed by atoms with Gasteiger partial charge in [-0.2, -0.15) is 5.10 Å². The van der Waals surface area contributed by atoms with Gasteiger partial charge in [0.2, 0.25) is 5.91 Å². The first-order valence-electron chi connectivity index (χ1n) is 8.16. The predicted octanol–water partition coefficient (Wildman–Crippen LogP) is 3.09. The molecular formula is C19H20ClN3O3. The van der Waals surface area contributed by atoms with Crippen molar-refractivity contribution in [3.05, 3.63) is 53.6 Å².